The minimum Gasteiger partial charge on any atom is -0.378 e. The molecular formula is C15H20F2N2O2. The lowest BCUT2D eigenvalue weighted by atomic mass is 10.1. The lowest BCUT2D eigenvalue weighted by Crippen LogP contribution is -2.49. The highest BCUT2D eigenvalue weighted by molar-refractivity contribution is 5.81. The molecule has 1 aromatic carbocycles. The summed E-state index contributed by atoms with van der Waals surface area (Å²) in [6, 6.07) is 2.63. The number of benzene rings is 1. The lowest BCUT2D eigenvalue weighted by Gasteiger charge is -2.30. The summed E-state index contributed by atoms with van der Waals surface area (Å²) in [6.45, 7) is 5.73. The molecule has 0 saturated carbocycles. The van der Waals surface area contributed by atoms with Gasteiger partial charge in [-0.25, -0.2) is 8.78 Å². The van der Waals surface area contributed by atoms with Crippen molar-refractivity contribution >= 4 is 5.91 Å². The minimum atomic E-state index is -0.610. The summed E-state index contributed by atoms with van der Waals surface area (Å²) in [6.07, 6.45) is 0. The summed E-state index contributed by atoms with van der Waals surface area (Å²) >= 11 is 0. The van der Waals surface area contributed by atoms with Gasteiger partial charge in [0.25, 0.3) is 0 Å². The molecule has 1 aromatic rings. The summed E-state index contributed by atoms with van der Waals surface area (Å²) in [7, 11) is 0. The average molecular weight is 298 g/mol. The van der Waals surface area contributed by atoms with Crippen LogP contribution in [0, 0.1) is 11.6 Å². The van der Waals surface area contributed by atoms with E-state index in [0.717, 1.165) is 6.07 Å². The molecule has 0 unspecified atom stereocenters. The fraction of sp³-hybridized carbons (Fsp3) is 0.533. The van der Waals surface area contributed by atoms with E-state index in [1.54, 1.807) is 18.7 Å². The van der Waals surface area contributed by atoms with E-state index in [2.05, 4.69) is 5.32 Å². The first-order valence-corrected chi connectivity index (χ1v) is 7.06. The van der Waals surface area contributed by atoms with Crippen LogP contribution in [0.3, 0.4) is 0 Å². The number of ether oxygens (including phenoxy) is 1. The van der Waals surface area contributed by atoms with E-state index in [1.165, 1.54) is 12.1 Å². The molecule has 116 valence electrons. The van der Waals surface area contributed by atoms with Crippen LogP contribution in [0.5, 0.6) is 0 Å². The molecule has 2 atom stereocenters. The van der Waals surface area contributed by atoms with Crippen molar-refractivity contribution in [2.24, 2.45) is 0 Å². The number of hydrogen-bond acceptors (Lipinski definition) is 3. The van der Waals surface area contributed by atoms with Crippen molar-refractivity contribution in [1.82, 2.24) is 10.2 Å². The average Bonchev–Trinajstić information content (AvgIpc) is 2.47. The van der Waals surface area contributed by atoms with Crippen molar-refractivity contribution in [2.45, 2.75) is 25.9 Å². The molecule has 2 rings (SSSR count). The smallest absolute Gasteiger partial charge is 0.239 e. The first kappa shape index (κ1) is 15.9. The Morgan fingerprint density at radius 2 is 1.95 bits per heavy atom. The lowest BCUT2D eigenvalue weighted by molar-refractivity contribution is -0.137. The van der Waals surface area contributed by atoms with Crippen LogP contribution in [-0.2, 0) is 9.53 Å². The molecule has 1 saturated heterocycles. The maximum atomic E-state index is 13.7. The summed E-state index contributed by atoms with van der Waals surface area (Å²) in [5, 5.41) is 3.06. The Morgan fingerprint density at radius 1 is 1.29 bits per heavy atom. The molecule has 1 amide bonds. The van der Waals surface area contributed by atoms with Crippen molar-refractivity contribution in [3.63, 3.8) is 0 Å². The van der Waals surface area contributed by atoms with Crippen molar-refractivity contribution in [3.05, 3.63) is 35.4 Å². The predicted molar refractivity (Wildman–Crippen MR) is 74.8 cm³/mol. The monoisotopic (exact) mass is 298 g/mol. The van der Waals surface area contributed by atoms with E-state index in [-0.39, 0.29) is 11.9 Å². The van der Waals surface area contributed by atoms with Gasteiger partial charge in [-0.15, -0.1) is 0 Å². The molecule has 0 radical (unpaired) electrons. The van der Waals surface area contributed by atoms with Gasteiger partial charge in [0, 0.05) is 30.8 Å². The Balaban J connectivity index is 1.97. The molecule has 0 aliphatic carbocycles. The molecule has 6 heteroatoms. The highest BCUT2D eigenvalue weighted by Crippen LogP contribution is 2.18. The Morgan fingerprint density at radius 3 is 2.57 bits per heavy atom. The summed E-state index contributed by atoms with van der Waals surface area (Å²) in [5.74, 6) is -1.26. The molecule has 1 heterocycles. The SMILES string of the molecule is C[C@H](N[C@H](C)C(=O)N1CCOCC1)c1ccc(F)cc1F. The van der Waals surface area contributed by atoms with E-state index in [4.69, 9.17) is 4.74 Å². The van der Waals surface area contributed by atoms with Gasteiger partial charge in [0.05, 0.1) is 19.3 Å². The van der Waals surface area contributed by atoms with E-state index >= 15 is 0 Å². The van der Waals surface area contributed by atoms with Crippen molar-refractivity contribution < 1.29 is 18.3 Å². The number of rotatable bonds is 4. The van der Waals surface area contributed by atoms with E-state index in [0.29, 0.717) is 31.9 Å². The molecule has 0 bridgehead atoms. The molecule has 1 aliphatic rings. The van der Waals surface area contributed by atoms with Gasteiger partial charge in [-0.2, -0.15) is 0 Å². The van der Waals surface area contributed by atoms with Crippen LogP contribution in [0.1, 0.15) is 25.5 Å². The zero-order chi connectivity index (χ0) is 15.4. The molecule has 1 N–H and O–H groups in total. The fourth-order valence-corrected chi connectivity index (χ4v) is 2.45. The molecule has 0 aromatic heterocycles. The predicted octanol–water partition coefficient (Wildman–Crippen LogP) is 1.86. The fourth-order valence-electron chi connectivity index (χ4n) is 2.45. The van der Waals surface area contributed by atoms with E-state index in [1.807, 2.05) is 0 Å². The molecule has 1 aliphatic heterocycles. The molecule has 0 spiro atoms. The quantitative estimate of drug-likeness (QED) is 0.922. The number of morpholine rings is 1. The maximum Gasteiger partial charge on any atom is 0.239 e. The topological polar surface area (TPSA) is 41.6 Å². The number of carbonyl (C=O) groups excluding carboxylic acids is 1. The van der Waals surface area contributed by atoms with E-state index < -0.39 is 17.7 Å². The molecule has 4 nitrogen and oxygen atoms in total. The number of nitrogens with one attached hydrogen (secondary N) is 1. The van der Waals surface area contributed by atoms with Gasteiger partial charge < -0.3 is 9.64 Å². The number of hydrogen-bond donors (Lipinski definition) is 1. The van der Waals surface area contributed by atoms with Crippen molar-refractivity contribution in [1.29, 1.82) is 0 Å². The van der Waals surface area contributed by atoms with Crippen LogP contribution in [0.4, 0.5) is 8.78 Å². The Labute approximate surface area is 123 Å². The minimum absolute atomic E-state index is 0.0346. The third kappa shape index (κ3) is 3.98. The number of carbonyl (C=O) groups is 1. The zero-order valence-corrected chi connectivity index (χ0v) is 12.2. The number of halogens is 2. The Bertz CT molecular complexity index is 504. The first-order chi connectivity index (χ1) is 9.99. The van der Waals surface area contributed by atoms with Crippen LogP contribution in [0.2, 0.25) is 0 Å². The Hall–Kier alpha value is -1.53. The molecular weight excluding hydrogens is 278 g/mol. The van der Waals surface area contributed by atoms with Crippen LogP contribution in [0.15, 0.2) is 18.2 Å². The highest BCUT2D eigenvalue weighted by atomic mass is 19.1. The van der Waals surface area contributed by atoms with Gasteiger partial charge >= 0.3 is 0 Å². The third-order valence-electron chi connectivity index (χ3n) is 3.62. The zero-order valence-electron chi connectivity index (χ0n) is 12.2. The van der Waals surface area contributed by atoms with Crippen LogP contribution in [-0.4, -0.2) is 43.2 Å². The van der Waals surface area contributed by atoms with Crippen LogP contribution < -0.4 is 5.32 Å². The summed E-state index contributed by atoms with van der Waals surface area (Å²) in [4.78, 5) is 14.0. The van der Waals surface area contributed by atoms with Crippen LogP contribution in [0.25, 0.3) is 0 Å². The van der Waals surface area contributed by atoms with Gasteiger partial charge in [-0.1, -0.05) is 6.07 Å². The van der Waals surface area contributed by atoms with Crippen molar-refractivity contribution in [3.8, 4) is 0 Å². The first-order valence-electron chi connectivity index (χ1n) is 7.06. The number of nitrogens with zero attached hydrogens (tertiary/aromatic N) is 1. The second-order valence-corrected chi connectivity index (χ2v) is 5.21. The van der Waals surface area contributed by atoms with Gasteiger partial charge in [0.1, 0.15) is 11.6 Å². The second-order valence-electron chi connectivity index (χ2n) is 5.21. The largest absolute Gasteiger partial charge is 0.378 e. The van der Waals surface area contributed by atoms with Crippen LogP contribution >= 0.6 is 0 Å². The molecule has 1 fully saturated rings. The summed E-state index contributed by atoms with van der Waals surface area (Å²) in [5.41, 5.74) is 0.345. The van der Waals surface area contributed by atoms with Gasteiger partial charge in [0.2, 0.25) is 5.91 Å². The molecule has 21 heavy (non-hydrogen) atoms. The Kier molecular flexibility index (Phi) is 5.25. The second kappa shape index (κ2) is 6.95. The van der Waals surface area contributed by atoms with Gasteiger partial charge in [-0.3, -0.25) is 10.1 Å². The normalized spacial score (nSPS) is 18.4. The van der Waals surface area contributed by atoms with E-state index in [9.17, 15) is 13.6 Å². The summed E-state index contributed by atoms with van der Waals surface area (Å²) < 4.78 is 31.8. The van der Waals surface area contributed by atoms with Gasteiger partial charge in [-0.05, 0) is 19.9 Å². The highest BCUT2D eigenvalue weighted by Gasteiger charge is 2.24. The standard InChI is InChI=1S/C15H20F2N2O2/c1-10(13-4-3-12(16)9-14(13)17)18-11(2)15(20)19-5-7-21-8-6-19/h3-4,9-11,18H,5-8H2,1-2H3/t10-,11+/m0/s1. The maximum absolute atomic E-state index is 13.7. The number of amides is 1. The van der Waals surface area contributed by atoms with Gasteiger partial charge in [0.15, 0.2) is 0 Å². The van der Waals surface area contributed by atoms with Crippen molar-refractivity contribution in [2.75, 3.05) is 26.3 Å². The third-order valence-corrected chi connectivity index (χ3v) is 3.62.